The monoisotopic (exact) mass is 383 g/mol. The van der Waals surface area contributed by atoms with E-state index in [-0.39, 0.29) is 35.1 Å². The van der Waals surface area contributed by atoms with Crippen molar-refractivity contribution in [3.8, 4) is 0 Å². The third-order valence-electron chi connectivity index (χ3n) is 6.16. The summed E-state index contributed by atoms with van der Waals surface area (Å²) in [7, 11) is 1.59. The molecule has 0 aliphatic carbocycles. The van der Waals surface area contributed by atoms with Crippen molar-refractivity contribution in [3.63, 3.8) is 0 Å². The van der Waals surface area contributed by atoms with Gasteiger partial charge in [-0.2, -0.15) is 0 Å². The van der Waals surface area contributed by atoms with Gasteiger partial charge in [-0.25, -0.2) is 0 Å². The van der Waals surface area contributed by atoms with E-state index in [1.54, 1.807) is 25.7 Å². The molecule has 2 unspecified atom stereocenters. The van der Waals surface area contributed by atoms with E-state index in [1.165, 1.54) is 4.90 Å². The Morgan fingerprint density at radius 2 is 1.96 bits per heavy atom. The summed E-state index contributed by atoms with van der Waals surface area (Å²) in [5.74, 6) is -1.49. The third-order valence-corrected chi connectivity index (χ3v) is 8.15. The van der Waals surface area contributed by atoms with E-state index in [0.29, 0.717) is 0 Å². The van der Waals surface area contributed by atoms with Gasteiger partial charge in [-0.15, -0.1) is 11.8 Å². The fourth-order valence-electron chi connectivity index (χ4n) is 5.15. The number of hydrogen-bond donors (Lipinski definition) is 3. The van der Waals surface area contributed by atoms with Gasteiger partial charge in [0.1, 0.15) is 6.04 Å². The molecule has 3 aliphatic rings. The highest BCUT2D eigenvalue weighted by molar-refractivity contribution is 8.02. The molecule has 3 rings (SSSR count). The first kappa shape index (κ1) is 19.5. The van der Waals surface area contributed by atoms with Crippen LogP contribution in [-0.2, 0) is 14.4 Å². The molecule has 0 aromatic carbocycles. The van der Waals surface area contributed by atoms with Crippen LogP contribution in [0.2, 0.25) is 0 Å². The van der Waals surface area contributed by atoms with Crippen molar-refractivity contribution in [1.29, 1.82) is 0 Å². The molecule has 6 atom stereocenters. The van der Waals surface area contributed by atoms with E-state index in [0.717, 1.165) is 12.8 Å². The van der Waals surface area contributed by atoms with E-state index in [2.05, 4.69) is 10.6 Å². The third kappa shape index (κ3) is 2.48. The second-order valence-electron chi connectivity index (χ2n) is 8.28. The number of thioether (sulfide) groups is 1. The molecular formula is C18H29N3O4S. The maximum Gasteiger partial charge on any atom is 0.244 e. The second-order valence-corrected chi connectivity index (χ2v) is 10.2. The van der Waals surface area contributed by atoms with Gasteiger partial charge in [-0.1, -0.05) is 0 Å². The topological polar surface area (TPSA) is 98.7 Å². The van der Waals surface area contributed by atoms with Crippen molar-refractivity contribution in [2.75, 3.05) is 13.7 Å². The molecule has 0 radical (unpaired) electrons. The molecule has 146 valence electrons. The van der Waals surface area contributed by atoms with Crippen molar-refractivity contribution in [2.45, 2.75) is 68.2 Å². The van der Waals surface area contributed by atoms with Crippen LogP contribution in [0.25, 0.3) is 0 Å². The van der Waals surface area contributed by atoms with Gasteiger partial charge in [0.25, 0.3) is 0 Å². The summed E-state index contributed by atoms with van der Waals surface area (Å²) in [6.07, 6.45) is 1.52. The SMILES string of the molecule is CNC(=O)[C@@H]1[C@H]2C(=O)N([C@H](C)CO)C(C(=O)NC(C)C)C23CC[C@@]1(C)S3. The Balaban J connectivity index is 2.09. The van der Waals surface area contributed by atoms with Crippen LogP contribution in [-0.4, -0.2) is 69.0 Å². The summed E-state index contributed by atoms with van der Waals surface area (Å²) in [4.78, 5) is 40.7. The predicted molar refractivity (Wildman–Crippen MR) is 99.5 cm³/mol. The van der Waals surface area contributed by atoms with Crippen molar-refractivity contribution in [1.82, 2.24) is 15.5 Å². The molecule has 7 nitrogen and oxygen atoms in total. The van der Waals surface area contributed by atoms with Gasteiger partial charge < -0.3 is 20.6 Å². The highest BCUT2D eigenvalue weighted by atomic mass is 32.2. The number of nitrogens with one attached hydrogen (secondary N) is 2. The maximum absolute atomic E-state index is 13.4. The van der Waals surface area contributed by atoms with Gasteiger partial charge in [-0.3, -0.25) is 14.4 Å². The Morgan fingerprint density at radius 3 is 2.50 bits per heavy atom. The Hall–Kier alpha value is -1.28. The van der Waals surface area contributed by atoms with Crippen LogP contribution in [0.4, 0.5) is 0 Å². The molecule has 3 amide bonds. The summed E-state index contributed by atoms with van der Waals surface area (Å²) in [5, 5.41) is 15.3. The Labute approximate surface area is 158 Å². The summed E-state index contributed by atoms with van der Waals surface area (Å²) in [5.41, 5.74) is 0. The molecule has 3 heterocycles. The summed E-state index contributed by atoms with van der Waals surface area (Å²) in [6.45, 7) is 7.34. The van der Waals surface area contributed by atoms with Crippen LogP contribution in [0.5, 0.6) is 0 Å². The smallest absolute Gasteiger partial charge is 0.244 e. The van der Waals surface area contributed by atoms with Crippen molar-refractivity contribution >= 4 is 29.5 Å². The number of hydrogen-bond acceptors (Lipinski definition) is 5. The molecule has 0 aromatic rings. The van der Waals surface area contributed by atoms with Crippen LogP contribution in [0.1, 0.15) is 40.5 Å². The van der Waals surface area contributed by atoms with Gasteiger partial charge in [-0.05, 0) is 40.5 Å². The number of rotatable bonds is 5. The Morgan fingerprint density at radius 1 is 1.31 bits per heavy atom. The quantitative estimate of drug-likeness (QED) is 0.626. The van der Waals surface area contributed by atoms with Gasteiger partial charge in [0, 0.05) is 17.8 Å². The average molecular weight is 384 g/mol. The normalized spacial score (nSPS) is 39.3. The molecule has 2 bridgehead atoms. The largest absolute Gasteiger partial charge is 0.394 e. The zero-order chi connectivity index (χ0) is 19.4. The highest BCUT2D eigenvalue weighted by Gasteiger charge is 2.77. The fourth-order valence-corrected chi connectivity index (χ4v) is 7.49. The molecule has 3 fully saturated rings. The Kier molecular flexibility index (Phi) is 4.80. The predicted octanol–water partition coefficient (Wildman–Crippen LogP) is 0.119. The number of fused-ring (bicyclic) bond motifs is 1. The number of aliphatic hydroxyl groups excluding tert-OH is 1. The zero-order valence-electron chi connectivity index (χ0n) is 16.0. The van der Waals surface area contributed by atoms with Crippen LogP contribution in [0, 0.1) is 11.8 Å². The summed E-state index contributed by atoms with van der Waals surface area (Å²) >= 11 is 1.64. The maximum atomic E-state index is 13.4. The van der Waals surface area contributed by atoms with Crippen LogP contribution < -0.4 is 10.6 Å². The lowest BCUT2D eigenvalue weighted by Gasteiger charge is -2.36. The lowest BCUT2D eigenvalue weighted by Crippen LogP contribution is -2.57. The lowest BCUT2D eigenvalue weighted by atomic mass is 9.66. The van der Waals surface area contributed by atoms with Crippen LogP contribution >= 0.6 is 11.8 Å². The van der Waals surface area contributed by atoms with Gasteiger partial charge in [0.05, 0.1) is 29.2 Å². The minimum absolute atomic E-state index is 0.0479. The molecular weight excluding hydrogens is 354 g/mol. The molecule has 1 spiro atoms. The molecule has 3 aliphatic heterocycles. The highest BCUT2D eigenvalue weighted by Crippen LogP contribution is 2.71. The van der Waals surface area contributed by atoms with Gasteiger partial charge in [0.15, 0.2) is 0 Å². The Bertz CT molecular complexity index is 642. The van der Waals surface area contributed by atoms with Gasteiger partial charge in [0.2, 0.25) is 17.7 Å². The number of amides is 3. The van der Waals surface area contributed by atoms with E-state index in [9.17, 15) is 19.5 Å². The molecule has 3 saturated heterocycles. The van der Waals surface area contributed by atoms with E-state index >= 15 is 0 Å². The summed E-state index contributed by atoms with van der Waals surface area (Å²) in [6, 6.07) is -1.18. The standard InChI is InChI=1S/C18H29N3O4S/c1-9(2)20-15(24)13-18-7-6-17(4,26-18)11(14(23)19-5)12(18)16(25)21(13)10(3)8-22/h9-13,22H,6-8H2,1-5H3,(H,19,23)(H,20,24)/t10-,11+,12+,13?,17-,18?/m1/s1. The van der Waals surface area contributed by atoms with Crippen molar-refractivity contribution < 1.29 is 19.5 Å². The van der Waals surface area contributed by atoms with Gasteiger partial charge >= 0.3 is 0 Å². The zero-order valence-corrected chi connectivity index (χ0v) is 16.9. The molecule has 8 heteroatoms. The second kappa shape index (κ2) is 6.41. The first-order valence-corrected chi connectivity index (χ1v) is 10.1. The molecule has 0 aromatic heterocycles. The van der Waals surface area contributed by atoms with E-state index < -0.39 is 28.7 Å². The number of aliphatic hydroxyl groups is 1. The van der Waals surface area contributed by atoms with E-state index in [4.69, 9.17) is 0 Å². The molecule has 3 N–H and O–H groups in total. The first-order chi connectivity index (χ1) is 12.1. The number of carbonyl (C=O) groups excluding carboxylic acids is 3. The minimum Gasteiger partial charge on any atom is -0.394 e. The lowest BCUT2D eigenvalue weighted by molar-refractivity contribution is -0.143. The number of carbonyl (C=O) groups is 3. The first-order valence-electron chi connectivity index (χ1n) is 9.28. The van der Waals surface area contributed by atoms with E-state index in [1.807, 2.05) is 20.8 Å². The van der Waals surface area contributed by atoms with Crippen LogP contribution in [0.15, 0.2) is 0 Å². The molecule has 0 saturated carbocycles. The van der Waals surface area contributed by atoms with Crippen molar-refractivity contribution in [2.24, 2.45) is 11.8 Å². The number of likely N-dealkylation sites (tertiary alicyclic amines) is 1. The number of nitrogens with zero attached hydrogens (tertiary/aromatic N) is 1. The average Bonchev–Trinajstić information content (AvgIpc) is 3.14. The van der Waals surface area contributed by atoms with Crippen LogP contribution in [0.3, 0.4) is 0 Å². The van der Waals surface area contributed by atoms with Crippen molar-refractivity contribution in [3.05, 3.63) is 0 Å². The minimum atomic E-state index is -0.661. The fraction of sp³-hybridized carbons (Fsp3) is 0.833. The summed E-state index contributed by atoms with van der Waals surface area (Å²) < 4.78 is -0.948. The molecule has 26 heavy (non-hydrogen) atoms.